The van der Waals surface area contributed by atoms with E-state index in [1.54, 1.807) is 0 Å². The number of hydrogen-bond acceptors (Lipinski definition) is 6. The first-order chi connectivity index (χ1) is 28.3. The maximum absolute atomic E-state index is 12.9. The first-order valence-corrected chi connectivity index (χ1v) is 19.9. The molecule has 0 radical (unpaired) electrons. The van der Waals surface area contributed by atoms with E-state index in [9.17, 15) is 19.2 Å². The lowest BCUT2D eigenvalue weighted by molar-refractivity contribution is -0.143. The molecule has 8 aromatic carbocycles. The van der Waals surface area contributed by atoms with Crippen molar-refractivity contribution in [2.24, 2.45) is 0 Å². The Bertz CT molecular complexity index is 2560. The number of carbonyl (C=O) groups is 4. The second kappa shape index (κ2) is 16.8. The van der Waals surface area contributed by atoms with E-state index in [0.717, 1.165) is 90.7 Å². The van der Waals surface area contributed by atoms with E-state index >= 15 is 0 Å². The molecule has 294 valence electrons. The third-order valence-corrected chi connectivity index (χ3v) is 11.3. The Hall–Kier alpha value is -6.68. The Kier molecular flexibility index (Phi) is 11.1. The summed E-state index contributed by atoms with van der Waals surface area (Å²) < 4.78 is 10.1. The van der Waals surface area contributed by atoms with Crippen LogP contribution in [0.2, 0.25) is 0 Å². The van der Waals surface area contributed by atoms with E-state index in [1.807, 2.05) is 12.1 Å². The van der Waals surface area contributed by atoms with Gasteiger partial charge in [-0.25, -0.2) is 19.2 Å². The highest BCUT2D eigenvalue weighted by atomic mass is 16.5. The van der Waals surface area contributed by atoms with Crippen molar-refractivity contribution in [3.05, 3.63) is 120 Å². The number of hydrogen-bond donors (Lipinski definition) is 4. The van der Waals surface area contributed by atoms with Crippen molar-refractivity contribution in [2.45, 2.75) is 50.6 Å². The molecule has 0 saturated heterocycles. The first-order valence-electron chi connectivity index (χ1n) is 19.9. The second-order valence-electron chi connectivity index (χ2n) is 14.9. The summed E-state index contributed by atoms with van der Waals surface area (Å²) in [6, 6.07) is 35.0. The van der Waals surface area contributed by atoms with Crippen LogP contribution in [0.4, 0.5) is 9.59 Å². The SMILES string of the molecule is COC(=O)[C@H](Cc1ccc2ccc3cccc4ccc1c2c34)NC(=O)NCCCCCCNC(=O)N[C@@H](Cc1ccc2ccc3cccc4ccc1c2c34)C(=O)OC. The van der Waals surface area contributed by atoms with Crippen LogP contribution in [0.3, 0.4) is 0 Å². The van der Waals surface area contributed by atoms with Gasteiger partial charge in [-0.05, 0) is 88.6 Å². The number of ether oxygens (including phenoxy) is 2. The van der Waals surface area contributed by atoms with Gasteiger partial charge >= 0.3 is 24.0 Å². The zero-order chi connectivity index (χ0) is 40.2. The number of unbranched alkanes of at least 4 members (excludes halogenated alkanes) is 3. The van der Waals surface area contributed by atoms with Crippen LogP contribution in [-0.4, -0.2) is 63.4 Å². The number of carbonyl (C=O) groups excluding carboxylic acids is 4. The van der Waals surface area contributed by atoms with Gasteiger partial charge < -0.3 is 30.7 Å². The fraction of sp³-hybridized carbons (Fsp3) is 0.250. The number of methoxy groups -OCH3 is 2. The average molecular weight is 775 g/mol. The van der Waals surface area contributed by atoms with Crippen molar-refractivity contribution in [3.63, 3.8) is 0 Å². The lowest BCUT2D eigenvalue weighted by Gasteiger charge is -2.19. The minimum atomic E-state index is -0.861. The van der Waals surface area contributed by atoms with Gasteiger partial charge in [-0.1, -0.05) is 122 Å². The van der Waals surface area contributed by atoms with Crippen LogP contribution >= 0.6 is 0 Å². The highest BCUT2D eigenvalue weighted by Crippen LogP contribution is 2.37. The minimum absolute atomic E-state index is 0.287. The van der Waals surface area contributed by atoms with Crippen LogP contribution in [0, 0.1) is 0 Å². The third-order valence-electron chi connectivity index (χ3n) is 11.3. The van der Waals surface area contributed by atoms with E-state index in [4.69, 9.17) is 9.47 Å². The molecule has 0 aliphatic rings. The highest BCUT2D eigenvalue weighted by Gasteiger charge is 2.25. The normalized spacial score (nSPS) is 12.7. The van der Waals surface area contributed by atoms with Crippen LogP contribution in [-0.2, 0) is 31.9 Å². The van der Waals surface area contributed by atoms with E-state index < -0.39 is 36.1 Å². The summed E-state index contributed by atoms with van der Waals surface area (Å²) in [6.45, 7) is 0.854. The van der Waals surface area contributed by atoms with Crippen LogP contribution in [0.15, 0.2) is 109 Å². The molecule has 8 rings (SSSR count). The molecule has 0 unspecified atom stereocenters. The van der Waals surface area contributed by atoms with Gasteiger partial charge in [0.25, 0.3) is 0 Å². The number of nitrogens with one attached hydrogen (secondary N) is 4. The standard InChI is InChI=1S/C48H46N4O6/c1-57-45(53)39(27-35-19-17-33-15-13-29-9-7-11-31-21-23-37(35)43(33)41(29)31)51-47(55)49-25-5-3-4-6-26-50-48(56)52-40(46(54)58-2)28-36-20-18-34-16-14-30-10-8-12-32-22-24-38(36)44(34)42(30)32/h7-24,39-40H,3-6,25-28H2,1-2H3,(H2,49,51,55)(H2,50,52,56)/t39-,40-/m0/s1. The van der Waals surface area contributed by atoms with Gasteiger partial charge in [0.2, 0.25) is 0 Å². The first kappa shape index (κ1) is 38.2. The molecule has 10 nitrogen and oxygen atoms in total. The molecule has 2 atom stereocenters. The van der Waals surface area contributed by atoms with Gasteiger partial charge in [-0.15, -0.1) is 0 Å². The number of esters is 2. The lowest BCUT2D eigenvalue weighted by atomic mass is 9.90. The zero-order valence-electron chi connectivity index (χ0n) is 32.7. The molecule has 0 heterocycles. The molecule has 4 N–H and O–H groups in total. The van der Waals surface area contributed by atoms with Crippen molar-refractivity contribution in [1.29, 1.82) is 0 Å². The van der Waals surface area contributed by atoms with Crippen molar-refractivity contribution in [3.8, 4) is 0 Å². The van der Waals surface area contributed by atoms with Crippen molar-refractivity contribution in [1.82, 2.24) is 21.3 Å². The summed E-state index contributed by atoms with van der Waals surface area (Å²) in [6.07, 6.45) is 3.67. The van der Waals surface area contributed by atoms with Crippen LogP contribution in [0.1, 0.15) is 36.8 Å². The molecule has 0 aliphatic carbocycles. The number of rotatable bonds is 15. The number of amides is 4. The van der Waals surface area contributed by atoms with Gasteiger partial charge in [-0.3, -0.25) is 0 Å². The largest absolute Gasteiger partial charge is 0.467 e. The summed E-state index contributed by atoms with van der Waals surface area (Å²) in [5.41, 5.74) is 1.90. The predicted octanol–water partition coefficient (Wildman–Crippen LogP) is 8.51. The Balaban J connectivity index is 0.786. The Labute approximate surface area is 335 Å². The highest BCUT2D eigenvalue weighted by molar-refractivity contribution is 6.24. The molecule has 8 aromatic rings. The minimum Gasteiger partial charge on any atom is -0.467 e. The maximum atomic E-state index is 12.9. The predicted molar refractivity (Wildman–Crippen MR) is 231 cm³/mol. The molecule has 0 spiro atoms. The van der Waals surface area contributed by atoms with Gasteiger partial charge in [0.1, 0.15) is 12.1 Å². The van der Waals surface area contributed by atoms with Gasteiger partial charge in [0.15, 0.2) is 0 Å². The molecule has 0 aliphatic heterocycles. The lowest BCUT2D eigenvalue weighted by Crippen LogP contribution is -2.47. The summed E-state index contributed by atoms with van der Waals surface area (Å²) in [4.78, 5) is 51.5. The molecule has 10 heteroatoms. The fourth-order valence-electron chi connectivity index (χ4n) is 8.48. The van der Waals surface area contributed by atoms with E-state index in [2.05, 4.69) is 118 Å². The molecular weight excluding hydrogens is 729 g/mol. The summed E-state index contributed by atoms with van der Waals surface area (Å²) in [5, 5.41) is 25.1. The van der Waals surface area contributed by atoms with E-state index in [0.29, 0.717) is 13.1 Å². The molecule has 4 amide bonds. The Morgan fingerprint density at radius 1 is 0.448 bits per heavy atom. The third kappa shape index (κ3) is 7.70. The van der Waals surface area contributed by atoms with Crippen molar-refractivity contribution >= 4 is 88.6 Å². The molecule has 58 heavy (non-hydrogen) atoms. The average Bonchev–Trinajstić information content (AvgIpc) is 3.25. The Morgan fingerprint density at radius 2 is 0.793 bits per heavy atom. The van der Waals surface area contributed by atoms with Gasteiger partial charge in [-0.2, -0.15) is 0 Å². The topological polar surface area (TPSA) is 135 Å². The number of benzene rings is 8. The molecule has 0 bridgehead atoms. The van der Waals surface area contributed by atoms with Crippen molar-refractivity contribution < 1.29 is 28.7 Å². The number of urea groups is 2. The summed E-state index contributed by atoms with van der Waals surface area (Å²) in [5.74, 6) is -1.02. The monoisotopic (exact) mass is 774 g/mol. The summed E-state index contributed by atoms with van der Waals surface area (Å²) >= 11 is 0. The van der Waals surface area contributed by atoms with Gasteiger partial charge in [0.05, 0.1) is 14.2 Å². The van der Waals surface area contributed by atoms with Crippen LogP contribution in [0.25, 0.3) is 64.6 Å². The van der Waals surface area contributed by atoms with Crippen LogP contribution < -0.4 is 21.3 Å². The zero-order valence-corrected chi connectivity index (χ0v) is 32.7. The van der Waals surface area contributed by atoms with E-state index in [1.165, 1.54) is 25.0 Å². The van der Waals surface area contributed by atoms with Crippen molar-refractivity contribution in [2.75, 3.05) is 27.3 Å². The van der Waals surface area contributed by atoms with E-state index in [-0.39, 0.29) is 12.8 Å². The summed E-state index contributed by atoms with van der Waals surface area (Å²) in [7, 11) is 2.65. The fourth-order valence-corrected chi connectivity index (χ4v) is 8.48. The molecule has 0 saturated carbocycles. The molecule has 0 aromatic heterocycles. The molecule has 0 fully saturated rings. The second-order valence-corrected chi connectivity index (χ2v) is 14.9. The quantitative estimate of drug-likeness (QED) is 0.0469. The Morgan fingerprint density at radius 3 is 1.17 bits per heavy atom. The molecular formula is C48H46N4O6. The smallest absolute Gasteiger partial charge is 0.328 e. The maximum Gasteiger partial charge on any atom is 0.328 e. The van der Waals surface area contributed by atoms with Crippen LogP contribution in [0.5, 0.6) is 0 Å². The van der Waals surface area contributed by atoms with Gasteiger partial charge in [0, 0.05) is 25.9 Å².